The quantitative estimate of drug-likeness (QED) is 0.789. The van der Waals surface area contributed by atoms with E-state index in [1.54, 1.807) is 13.0 Å². The van der Waals surface area contributed by atoms with Gasteiger partial charge in [0.1, 0.15) is 5.02 Å². The second kappa shape index (κ2) is 3.65. The molecule has 0 atom stereocenters. The Bertz CT molecular complexity index is 604. The van der Waals surface area contributed by atoms with Crippen molar-refractivity contribution in [1.82, 2.24) is 4.98 Å². The lowest BCUT2D eigenvalue weighted by Crippen LogP contribution is -2.07. The number of fused-ring (bicyclic) bond motifs is 1. The summed E-state index contributed by atoms with van der Waals surface area (Å²) in [4.78, 5) is 15.0. The van der Waals surface area contributed by atoms with Crippen molar-refractivity contribution in [3.63, 3.8) is 0 Å². The van der Waals surface area contributed by atoms with Crippen molar-refractivity contribution in [3.8, 4) is 0 Å². The van der Waals surface area contributed by atoms with Gasteiger partial charge in [-0.3, -0.25) is 4.79 Å². The third kappa shape index (κ3) is 1.70. The van der Waals surface area contributed by atoms with Gasteiger partial charge in [-0.2, -0.15) is 0 Å². The predicted octanol–water partition coefficient (Wildman–Crippen LogP) is 3.56. The molecule has 15 heavy (non-hydrogen) atoms. The minimum atomic E-state index is -0.118. The third-order valence-corrected chi connectivity index (χ3v) is 3.30. The van der Waals surface area contributed by atoms with Gasteiger partial charge in [0.05, 0.1) is 5.52 Å². The Morgan fingerprint density at radius 1 is 1.33 bits per heavy atom. The molecule has 2 rings (SSSR count). The van der Waals surface area contributed by atoms with Crippen LogP contribution in [-0.4, -0.2) is 4.98 Å². The van der Waals surface area contributed by atoms with Crippen LogP contribution in [-0.2, 0) is 0 Å². The number of aromatic amines is 1. The van der Waals surface area contributed by atoms with Crippen LogP contribution >= 0.6 is 27.5 Å². The van der Waals surface area contributed by atoms with E-state index >= 15 is 0 Å². The molecule has 1 N–H and O–H groups in total. The number of aryl methyl sites for hydroxylation is 2. The molecule has 0 fully saturated rings. The summed E-state index contributed by atoms with van der Waals surface area (Å²) < 4.78 is 0.887. The summed E-state index contributed by atoms with van der Waals surface area (Å²) in [6.07, 6.45) is 0. The molecular formula is C11H9BrClNO. The fraction of sp³-hybridized carbons (Fsp3) is 0.182. The number of pyridine rings is 1. The van der Waals surface area contributed by atoms with Crippen molar-refractivity contribution >= 4 is 38.4 Å². The molecule has 0 amide bonds. The van der Waals surface area contributed by atoms with Gasteiger partial charge in [-0.25, -0.2) is 0 Å². The highest BCUT2D eigenvalue weighted by molar-refractivity contribution is 9.10. The van der Waals surface area contributed by atoms with Gasteiger partial charge in [-0.1, -0.05) is 27.5 Å². The maximum absolute atomic E-state index is 11.9. The Labute approximate surface area is 100 Å². The zero-order chi connectivity index (χ0) is 11.2. The molecule has 0 bridgehead atoms. The predicted molar refractivity (Wildman–Crippen MR) is 66.8 cm³/mol. The zero-order valence-corrected chi connectivity index (χ0v) is 10.7. The van der Waals surface area contributed by atoms with Crippen LogP contribution in [0.1, 0.15) is 11.3 Å². The fourth-order valence-corrected chi connectivity index (χ4v) is 2.34. The molecule has 1 heterocycles. The van der Waals surface area contributed by atoms with E-state index in [4.69, 9.17) is 11.6 Å². The first kappa shape index (κ1) is 10.7. The summed E-state index contributed by atoms with van der Waals surface area (Å²) in [6, 6.07) is 3.75. The highest BCUT2D eigenvalue weighted by atomic mass is 79.9. The molecule has 0 aliphatic heterocycles. The van der Waals surface area contributed by atoms with Crippen molar-refractivity contribution < 1.29 is 0 Å². The molecule has 1 aromatic carbocycles. The highest BCUT2D eigenvalue weighted by Crippen LogP contribution is 2.22. The first-order valence-corrected chi connectivity index (χ1v) is 5.66. The van der Waals surface area contributed by atoms with Gasteiger partial charge in [-0.15, -0.1) is 0 Å². The van der Waals surface area contributed by atoms with Crippen LogP contribution in [0.2, 0.25) is 5.02 Å². The minimum absolute atomic E-state index is 0.118. The molecular weight excluding hydrogens is 277 g/mol. The Morgan fingerprint density at radius 2 is 2.00 bits per heavy atom. The first-order valence-electron chi connectivity index (χ1n) is 4.49. The summed E-state index contributed by atoms with van der Waals surface area (Å²) in [6.45, 7) is 3.75. The molecule has 1 aromatic heterocycles. The van der Waals surface area contributed by atoms with Gasteiger partial charge in [0.2, 0.25) is 5.43 Å². The zero-order valence-electron chi connectivity index (χ0n) is 8.32. The molecule has 78 valence electrons. The Hall–Kier alpha value is -0.800. The average Bonchev–Trinajstić information content (AvgIpc) is 2.17. The molecule has 4 heteroatoms. The van der Waals surface area contributed by atoms with Gasteiger partial charge < -0.3 is 4.98 Å². The van der Waals surface area contributed by atoms with Crippen LogP contribution in [0.15, 0.2) is 21.4 Å². The molecule has 0 aliphatic carbocycles. The number of hydrogen-bond acceptors (Lipinski definition) is 1. The number of rotatable bonds is 0. The standard InChI is InChI=1S/C11H9BrClNO/c1-5-3-7(12)4-8-10(5)14-6(2)9(13)11(8)15/h3-4H,1-2H3,(H,14,15). The molecule has 0 aliphatic rings. The van der Waals surface area contributed by atoms with Crippen molar-refractivity contribution in [3.05, 3.63) is 43.1 Å². The summed E-state index contributed by atoms with van der Waals surface area (Å²) >= 11 is 9.27. The third-order valence-electron chi connectivity index (χ3n) is 2.39. The van der Waals surface area contributed by atoms with Crippen molar-refractivity contribution in [2.24, 2.45) is 0 Å². The molecule has 2 nitrogen and oxygen atoms in total. The average molecular weight is 287 g/mol. The van der Waals surface area contributed by atoms with Crippen LogP contribution in [0.3, 0.4) is 0 Å². The maximum Gasteiger partial charge on any atom is 0.208 e. The van der Waals surface area contributed by atoms with Gasteiger partial charge in [0.25, 0.3) is 0 Å². The van der Waals surface area contributed by atoms with Crippen molar-refractivity contribution in [2.45, 2.75) is 13.8 Å². The molecule has 0 saturated heterocycles. The second-order valence-electron chi connectivity index (χ2n) is 3.54. The fourth-order valence-electron chi connectivity index (χ4n) is 1.62. The Balaban J connectivity index is 3.06. The van der Waals surface area contributed by atoms with Crippen LogP contribution in [0, 0.1) is 13.8 Å². The highest BCUT2D eigenvalue weighted by Gasteiger charge is 2.09. The number of H-pyrrole nitrogens is 1. The Kier molecular flexibility index (Phi) is 2.61. The number of benzene rings is 1. The smallest absolute Gasteiger partial charge is 0.208 e. The normalized spacial score (nSPS) is 10.9. The van der Waals surface area contributed by atoms with Crippen molar-refractivity contribution in [1.29, 1.82) is 0 Å². The summed E-state index contributed by atoms with van der Waals surface area (Å²) in [5, 5.41) is 0.887. The summed E-state index contributed by atoms with van der Waals surface area (Å²) in [7, 11) is 0. The minimum Gasteiger partial charge on any atom is -0.357 e. The summed E-state index contributed by atoms with van der Waals surface area (Å²) in [5.41, 5.74) is 2.47. The van der Waals surface area contributed by atoms with E-state index in [-0.39, 0.29) is 10.5 Å². The lowest BCUT2D eigenvalue weighted by molar-refractivity contribution is 1.23. The van der Waals surface area contributed by atoms with Crippen molar-refractivity contribution in [2.75, 3.05) is 0 Å². The SMILES string of the molecule is Cc1[nH]c2c(C)cc(Br)cc2c(=O)c1Cl. The lowest BCUT2D eigenvalue weighted by Gasteiger charge is -2.06. The van der Waals surface area contributed by atoms with Crippen LogP contribution in [0.25, 0.3) is 10.9 Å². The number of aromatic nitrogens is 1. The van der Waals surface area contributed by atoms with E-state index in [2.05, 4.69) is 20.9 Å². The van der Waals surface area contributed by atoms with E-state index in [1.807, 2.05) is 13.0 Å². The molecule has 2 aromatic rings. The topological polar surface area (TPSA) is 32.9 Å². The number of nitrogens with one attached hydrogen (secondary N) is 1. The molecule has 0 unspecified atom stereocenters. The van der Waals surface area contributed by atoms with Gasteiger partial charge in [0.15, 0.2) is 0 Å². The largest absolute Gasteiger partial charge is 0.357 e. The Morgan fingerprint density at radius 3 is 2.67 bits per heavy atom. The van der Waals surface area contributed by atoms with Crippen LogP contribution in [0.5, 0.6) is 0 Å². The summed E-state index contributed by atoms with van der Waals surface area (Å²) in [5.74, 6) is 0. The lowest BCUT2D eigenvalue weighted by atomic mass is 10.1. The van der Waals surface area contributed by atoms with E-state index in [0.29, 0.717) is 11.1 Å². The second-order valence-corrected chi connectivity index (χ2v) is 4.83. The van der Waals surface area contributed by atoms with E-state index in [1.165, 1.54) is 0 Å². The van der Waals surface area contributed by atoms with Crippen LogP contribution < -0.4 is 5.43 Å². The van der Waals surface area contributed by atoms with Gasteiger partial charge >= 0.3 is 0 Å². The number of hydrogen-bond donors (Lipinski definition) is 1. The van der Waals surface area contributed by atoms with E-state index in [0.717, 1.165) is 15.6 Å². The molecule has 0 saturated carbocycles. The monoisotopic (exact) mass is 285 g/mol. The van der Waals surface area contributed by atoms with E-state index < -0.39 is 0 Å². The van der Waals surface area contributed by atoms with Crippen LogP contribution in [0.4, 0.5) is 0 Å². The number of halogens is 2. The van der Waals surface area contributed by atoms with Gasteiger partial charge in [-0.05, 0) is 31.5 Å². The maximum atomic E-state index is 11.9. The molecule has 0 spiro atoms. The van der Waals surface area contributed by atoms with Gasteiger partial charge in [0, 0.05) is 15.6 Å². The molecule has 0 radical (unpaired) electrons. The van der Waals surface area contributed by atoms with E-state index in [9.17, 15) is 4.79 Å². The first-order chi connectivity index (χ1) is 7.00.